The molecule has 0 aromatic heterocycles. The molecule has 1 unspecified atom stereocenters. The highest BCUT2D eigenvalue weighted by atomic mass is 35.5. The molecule has 5 nitrogen and oxygen atoms in total. The van der Waals surface area contributed by atoms with Gasteiger partial charge in [-0.1, -0.05) is 23.7 Å². The van der Waals surface area contributed by atoms with Crippen LogP contribution >= 0.6 is 11.6 Å². The minimum absolute atomic E-state index is 0.438. The summed E-state index contributed by atoms with van der Waals surface area (Å²) in [6.07, 6.45) is 1.09. The van der Waals surface area contributed by atoms with Crippen molar-refractivity contribution in [3.8, 4) is 0 Å². The first-order valence-electron chi connectivity index (χ1n) is 7.72. The predicted octanol–water partition coefficient (Wildman–Crippen LogP) is 3.75. The lowest BCUT2D eigenvalue weighted by Gasteiger charge is -2.28. The van der Waals surface area contributed by atoms with Crippen LogP contribution in [0.15, 0.2) is 42.5 Å². The zero-order valence-electron chi connectivity index (χ0n) is 14.6. The number of amides is 1. The van der Waals surface area contributed by atoms with Gasteiger partial charge in [0.15, 0.2) is 0 Å². The van der Waals surface area contributed by atoms with E-state index in [9.17, 15) is 13.2 Å². The standard InChI is InChI=1S/C18H21ClN2O3S/c1-12-8-13(2)10-17(9-12)21(25(4,23)24)14(3)18(22)20-16-7-5-6-15(19)11-16/h5-11,14H,1-4H3,(H,20,22). The molecular weight excluding hydrogens is 360 g/mol. The Kier molecular flexibility index (Phi) is 5.75. The number of nitrogens with zero attached hydrogens (tertiary/aromatic N) is 1. The second-order valence-corrected chi connectivity index (χ2v) is 8.38. The highest BCUT2D eigenvalue weighted by Crippen LogP contribution is 2.24. The number of rotatable bonds is 5. The molecule has 1 atom stereocenters. The molecule has 0 aliphatic rings. The van der Waals surface area contributed by atoms with Crippen LogP contribution in [0.25, 0.3) is 0 Å². The summed E-state index contributed by atoms with van der Waals surface area (Å²) in [6.45, 7) is 5.32. The van der Waals surface area contributed by atoms with Crippen LogP contribution in [0, 0.1) is 13.8 Å². The molecule has 1 amide bonds. The van der Waals surface area contributed by atoms with E-state index in [0.717, 1.165) is 21.7 Å². The average molecular weight is 381 g/mol. The molecule has 0 saturated heterocycles. The molecule has 0 aliphatic heterocycles. The summed E-state index contributed by atoms with van der Waals surface area (Å²) < 4.78 is 25.8. The van der Waals surface area contributed by atoms with E-state index in [-0.39, 0.29) is 0 Å². The van der Waals surface area contributed by atoms with Gasteiger partial charge in [0.1, 0.15) is 6.04 Å². The van der Waals surface area contributed by atoms with Crippen LogP contribution < -0.4 is 9.62 Å². The fourth-order valence-corrected chi connectivity index (χ4v) is 4.05. The van der Waals surface area contributed by atoms with Crippen LogP contribution in [-0.4, -0.2) is 26.6 Å². The summed E-state index contributed by atoms with van der Waals surface area (Å²) in [5.41, 5.74) is 2.82. The van der Waals surface area contributed by atoms with Gasteiger partial charge in [-0.25, -0.2) is 8.42 Å². The van der Waals surface area contributed by atoms with Gasteiger partial charge < -0.3 is 5.32 Å². The Labute approximate surface area is 153 Å². The molecule has 0 heterocycles. The molecule has 25 heavy (non-hydrogen) atoms. The van der Waals surface area contributed by atoms with Crippen LogP contribution in [0.5, 0.6) is 0 Å². The third kappa shape index (κ3) is 4.96. The Bertz CT molecular complexity index is 877. The molecule has 1 N–H and O–H groups in total. The van der Waals surface area contributed by atoms with Crippen molar-refractivity contribution in [3.05, 3.63) is 58.6 Å². The number of benzene rings is 2. The van der Waals surface area contributed by atoms with E-state index in [2.05, 4.69) is 5.32 Å². The summed E-state index contributed by atoms with van der Waals surface area (Å²) in [7, 11) is -3.65. The smallest absolute Gasteiger partial charge is 0.247 e. The molecule has 134 valence electrons. The minimum Gasteiger partial charge on any atom is -0.324 e. The Hall–Kier alpha value is -2.05. The predicted molar refractivity (Wildman–Crippen MR) is 103 cm³/mol. The quantitative estimate of drug-likeness (QED) is 0.858. The van der Waals surface area contributed by atoms with Crippen molar-refractivity contribution in [3.63, 3.8) is 0 Å². The Morgan fingerprint density at radius 2 is 1.72 bits per heavy atom. The first kappa shape index (κ1) is 19.3. The molecule has 0 aliphatic carbocycles. The van der Waals surface area contributed by atoms with E-state index in [1.807, 2.05) is 19.9 Å². The van der Waals surface area contributed by atoms with Crippen LogP contribution in [0.4, 0.5) is 11.4 Å². The molecule has 2 aromatic rings. The third-order valence-corrected chi connectivity index (χ3v) is 5.12. The summed E-state index contributed by atoms with van der Waals surface area (Å²) in [6, 6.07) is 11.2. The van der Waals surface area contributed by atoms with Crippen LogP contribution in [0.2, 0.25) is 5.02 Å². The van der Waals surface area contributed by atoms with Gasteiger partial charge in [0.2, 0.25) is 15.9 Å². The zero-order chi connectivity index (χ0) is 18.8. The molecule has 0 radical (unpaired) electrons. The largest absolute Gasteiger partial charge is 0.324 e. The number of nitrogens with one attached hydrogen (secondary N) is 1. The van der Waals surface area contributed by atoms with Crippen molar-refractivity contribution in [1.29, 1.82) is 0 Å². The Balaban J connectivity index is 2.36. The van der Waals surface area contributed by atoms with Crippen molar-refractivity contribution < 1.29 is 13.2 Å². The van der Waals surface area contributed by atoms with Gasteiger partial charge in [-0.2, -0.15) is 0 Å². The van der Waals surface area contributed by atoms with Crippen LogP contribution in [0.1, 0.15) is 18.1 Å². The number of anilines is 2. The zero-order valence-corrected chi connectivity index (χ0v) is 16.1. The van der Waals surface area contributed by atoms with Crippen LogP contribution in [0.3, 0.4) is 0 Å². The Morgan fingerprint density at radius 1 is 1.12 bits per heavy atom. The highest BCUT2D eigenvalue weighted by Gasteiger charge is 2.29. The summed E-state index contributed by atoms with van der Waals surface area (Å²) in [4.78, 5) is 12.6. The molecular formula is C18H21ClN2O3S. The molecule has 0 saturated carbocycles. The molecule has 7 heteroatoms. The van der Waals surface area contributed by atoms with Crippen molar-refractivity contribution in [2.45, 2.75) is 26.8 Å². The lowest BCUT2D eigenvalue weighted by molar-refractivity contribution is -0.116. The SMILES string of the molecule is Cc1cc(C)cc(N(C(C)C(=O)Nc2cccc(Cl)c2)S(C)(=O)=O)c1. The maximum absolute atomic E-state index is 12.6. The van der Waals surface area contributed by atoms with Gasteiger partial charge in [-0.15, -0.1) is 0 Å². The molecule has 2 aromatic carbocycles. The molecule has 0 fully saturated rings. The molecule has 2 rings (SSSR count). The van der Waals surface area contributed by atoms with Gasteiger partial charge in [-0.3, -0.25) is 9.10 Å². The third-order valence-electron chi connectivity index (χ3n) is 3.64. The number of halogens is 1. The van der Waals surface area contributed by atoms with Crippen molar-refractivity contribution >= 4 is 38.9 Å². The van der Waals surface area contributed by atoms with E-state index >= 15 is 0 Å². The average Bonchev–Trinajstić information content (AvgIpc) is 2.44. The van der Waals surface area contributed by atoms with Gasteiger partial charge in [0.05, 0.1) is 11.9 Å². The fourth-order valence-electron chi connectivity index (χ4n) is 2.70. The number of hydrogen-bond acceptors (Lipinski definition) is 3. The summed E-state index contributed by atoms with van der Waals surface area (Å²) in [5, 5.41) is 3.19. The van der Waals surface area contributed by atoms with E-state index in [1.54, 1.807) is 43.3 Å². The molecule has 0 spiro atoms. The minimum atomic E-state index is -3.65. The Morgan fingerprint density at radius 3 is 2.24 bits per heavy atom. The highest BCUT2D eigenvalue weighted by molar-refractivity contribution is 7.92. The van der Waals surface area contributed by atoms with Gasteiger partial charge in [-0.05, 0) is 62.2 Å². The molecule has 0 bridgehead atoms. The fraction of sp³-hybridized carbons (Fsp3) is 0.278. The monoisotopic (exact) mass is 380 g/mol. The van der Waals surface area contributed by atoms with E-state index in [1.165, 1.54) is 0 Å². The first-order chi connectivity index (χ1) is 11.6. The van der Waals surface area contributed by atoms with Crippen LogP contribution in [-0.2, 0) is 14.8 Å². The summed E-state index contributed by atoms with van der Waals surface area (Å²) >= 11 is 5.92. The number of aryl methyl sites for hydroxylation is 2. The lowest BCUT2D eigenvalue weighted by atomic mass is 10.1. The van der Waals surface area contributed by atoms with Crippen molar-refractivity contribution in [2.24, 2.45) is 0 Å². The maximum Gasteiger partial charge on any atom is 0.247 e. The normalized spacial score (nSPS) is 12.5. The second-order valence-electron chi connectivity index (χ2n) is 6.08. The van der Waals surface area contributed by atoms with Crippen molar-refractivity contribution in [2.75, 3.05) is 15.9 Å². The number of hydrogen-bond donors (Lipinski definition) is 1. The van der Waals surface area contributed by atoms with Gasteiger partial charge >= 0.3 is 0 Å². The van der Waals surface area contributed by atoms with Gasteiger partial charge in [0.25, 0.3) is 0 Å². The van der Waals surface area contributed by atoms with Gasteiger partial charge in [0, 0.05) is 10.7 Å². The van der Waals surface area contributed by atoms with E-state index < -0.39 is 22.0 Å². The summed E-state index contributed by atoms with van der Waals surface area (Å²) in [5.74, 6) is -0.438. The van der Waals surface area contributed by atoms with E-state index in [0.29, 0.717) is 16.4 Å². The second kappa shape index (κ2) is 7.45. The number of carbonyl (C=O) groups excluding carboxylic acids is 1. The van der Waals surface area contributed by atoms with Crippen molar-refractivity contribution in [1.82, 2.24) is 0 Å². The number of carbonyl (C=O) groups is 1. The first-order valence-corrected chi connectivity index (χ1v) is 9.94. The lowest BCUT2D eigenvalue weighted by Crippen LogP contribution is -2.45. The topological polar surface area (TPSA) is 66.5 Å². The van der Waals surface area contributed by atoms with E-state index in [4.69, 9.17) is 11.6 Å². The number of sulfonamides is 1. The maximum atomic E-state index is 12.6.